The highest BCUT2D eigenvalue weighted by Crippen LogP contribution is 2.10. The van der Waals surface area contributed by atoms with E-state index in [1.807, 2.05) is 24.3 Å². The number of aliphatic hydroxyl groups excluding tert-OH is 2. The van der Waals surface area contributed by atoms with Crippen molar-refractivity contribution >= 4 is 10.9 Å². The van der Waals surface area contributed by atoms with E-state index < -0.39 is 6.10 Å². The predicted molar refractivity (Wildman–Crippen MR) is 96.0 cm³/mol. The lowest BCUT2D eigenvalue weighted by Crippen LogP contribution is -2.20. The zero-order valence-electron chi connectivity index (χ0n) is 14.2. The third-order valence-electron chi connectivity index (χ3n) is 4.38. The van der Waals surface area contributed by atoms with E-state index in [0.29, 0.717) is 11.8 Å². The Morgan fingerprint density at radius 2 is 1.67 bits per heavy atom. The second-order valence-electron chi connectivity index (χ2n) is 6.36. The molecule has 0 aliphatic heterocycles. The van der Waals surface area contributed by atoms with E-state index in [1.165, 1.54) is 6.42 Å². The normalized spacial score (nSPS) is 12.6. The van der Waals surface area contributed by atoms with Gasteiger partial charge >= 0.3 is 0 Å². The van der Waals surface area contributed by atoms with Gasteiger partial charge in [0.2, 0.25) is 0 Å². The van der Waals surface area contributed by atoms with Crippen LogP contribution in [0.5, 0.6) is 0 Å². The van der Waals surface area contributed by atoms with Gasteiger partial charge in [-0.2, -0.15) is 0 Å². The maximum absolute atomic E-state index is 12.3. The summed E-state index contributed by atoms with van der Waals surface area (Å²) in [4.78, 5) is 16.7. The number of unbranched alkanes of at least 4 members (excludes halogenated alkanes) is 6. The fourth-order valence-corrected chi connectivity index (χ4v) is 2.90. The summed E-state index contributed by atoms with van der Waals surface area (Å²) in [5, 5.41) is 18.7. The van der Waals surface area contributed by atoms with Crippen molar-refractivity contribution in [1.29, 1.82) is 0 Å². The van der Waals surface area contributed by atoms with Crippen molar-refractivity contribution in [3.63, 3.8) is 0 Å². The molecule has 0 spiro atoms. The summed E-state index contributed by atoms with van der Waals surface area (Å²) in [5.41, 5.74) is 0.799. The number of aromatic nitrogens is 2. The topological polar surface area (TPSA) is 75.4 Å². The molecule has 5 heteroatoms. The molecule has 0 aliphatic rings. The van der Waals surface area contributed by atoms with Gasteiger partial charge < -0.3 is 10.2 Å². The Balaban J connectivity index is 1.61. The third-order valence-corrected chi connectivity index (χ3v) is 4.38. The quantitative estimate of drug-likeness (QED) is 0.621. The Labute approximate surface area is 143 Å². The molecule has 5 nitrogen and oxygen atoms in total. The van der Waals surface area contributed by atoms with Crippen LogP contribution in [0.2, 0.25) is 0 Å². The molecule has 132 valence electrons. The largest absolute Gasteiger partial charge is 0.394 e. The van der Waals surface area contributed by atoms with Gasteiger partial charge in [-0.05, 0) is 25.0 Å². The molecular formula is C19H28N2O3. The molecule has 2 rings (SSSR count). The number of para-hydroxylation sites is 1. The van der Waals surface area contributed by atoms with Crippen LogP contribution in [0.25, 0.3) is 10.9 Å². The van der Waals surface area contributed by atoms with Gasteiger partial charge in [0.15, 0.2) is 0 Å². The second-order valence-corrected chi connectivity index (χ2v) is 6.36. The highest BCUT2D eigenvalue weighted by Gasteiger charge is 2.03. The smallest absolute Gasteiger partial charge is 0.261 e. The van der Waals surface area contributed by atoms with E-state index in [1.54, 1.807) is 10.9 Å². The zero-order valence-corrected chi connectivity index (χ0v) is 14.2. The summed E-state index contributed by atoms with van der Waals surface area (Å²) in [6, 6.07) is 7.45. The maximum atomic E-state index is 12.3. The molecule has 0 saturated heterocycles. The van der Waals surface area contributed by atoms with Crippen molar-refractivity contribution in [2.75, 3.05) is 6.61 Å². The summed E-state index contributed by atoms with van der Waals surface area (Å²) in [6.07, 6.45) is 9.46. The van der Waals surface area contributed by atoms with Crippen molar-refractivity contribution in [1.82, 2.24) is 9.55 Å². The summed E-state index contributed by atoms with van der Waals surface area (Å²) in [6.45, 7) is 0.586. The van der Waals surface area contributed by atoms with Gasteiger partial charge in [-0.3, -0.25) is 9.36 Å². The van der Waals surface area contributed by atoms with Gasteiger partial charge in [-0.15, -0.1) is 0 Å². The van der Waals surface area contributed by atoms with Crippen LogP contribution in [0.3, 0.4) is 0 Å². The lowest BCUT2D eigenvalue weighted by molar-refractivity contribution is 0.0860. The average molecular weight is 332 g/mol. The van der Waals surface area contributed by atoms with E-state index in [2.05, 4.69) is 4.98 Å². The highest BCUT2D eigenvalue weighted by molar-refractivity contribution is 5.76. The van der Waals surface area contributed by atoms with Crippen molar-refractivity contribution in [3.05, 3.63) is 40.9 Å². The molecule has 1 unspecified atom stereocenters. The second kappa shape index (κ2) is 10.2. The molecule has 1 atom stereocenters. The van der Waals surface area contributed by atoms with Crippen molar-refractivity contribution < 1.29 is 10.2 Å². The minimum absolute atomic E-state index is 0.0445. The molecule has 24 heavy (non-hydrogen) atoms. The SMILES string of the molecule is O=c1c2ccccc2ncn1CCCCCCCCCC(O)CO. The molecule has 2 aromatic rings. The van der Waals surface area contributed by atoms with Crippen LogP contribution in [-0.4, -0.2) is 32.5 Å². The summed E-state index contributed by atoms with van der Waals surface area (Å²) in [7, 11) is 0. The Morgan fingerprint density at radius 1 is 1.00 bits per heavy atom. The van der Waals surface area contributed by atoms with Crippen LogP contribution in [0, 0.1) is 0 Å². The first-order valence-electron chi connectivity index (χ1n) is 8.95. The van der Waals surface area contributed by atoms with Crippen LogP contribution in [0.15, 0.2) is 35.4 Å². The Hall–Kier alpha value is -1.72. The van der Waals surface area contributed by atoms with Crippen molar-refractivity contribution in [2.24, 2.45) is 0 Å². The predicted octanol–water partition coefficient (Wildman–Crippen LogP) is 2.87. The summed E-state index contributed by atoms with van der Waals surface area (Å²) < 4.78 is 1.71. The molecule has 0 bridgehead atoms. The lowest BCUT2D eigenvalue weighted by atomic mass is 10.1. The number of nitrogens with zero attached hydrogens (tertiary/aromatic N) is 2. The standard InChI is InChI=1S/C19H28N2O3/c22-14-16(23)10-6-4-2-1-3-5-9-13-21-15-20-18-12-8-7-11-17(18)19(21)24/h7-8,11-12,15-16,22-23H,1-6,9-10,13-14H2. The number of aryl methyl sites for hydroxylation is 1. The molecule has 0 radical (unpaired) electrons. The first kappa shape index (κ1) is 18.6. The number of hydrogen-bond donors (Lipinski definition) is 2. The van der Waals surface area contributed by atoms with Gasteiger partial charge in [0, 0.05) is 6.54 Å². The number of hydrogen-bond acceptors (Lipinski definition) is 4. The van der Waals surface area contributed by atoms with E-state index in [0.717, 1.165) is 50.6 Å². The summed E-state index contributed by atoms with van der Waals surface area (Å²) >= 11 is 0. The van der Waals surface area contributed by atoms with E-state index >= 15 is 0 Å². The molecular weight excluding hydrogens is 304 g/mol. The lowest BCUT2D eigenvalue weighted by Gasteiger charge is -2.07. The molecule has 1 aromatic carbocycles. The van der Waals surface area contributed by atoms with Gasteiger partial charge in [0.1, 0.15) is 0 Å². The number of benzene rings is 1. The first-order valence-corrected chi connectivity index (χ1v) is 8.95. The summed E-state index contributed by atoms with van der Waals surface area (Å²) in [5.74, 6) is 0. The van der Waals surface area contributed by atoms with E-state index in [4.69, 9.17) is 5.11 Å². The monoisotopic (exact) mass is 332 g/mol. The number of rotatable bonds is 11. The molecule has 0 saturated carbocycles. The minimum Gasteiger partial charge on any atom is -0.394 e. The molecule has 2 N–H and O–H groups in total. The molecule has 0 amide bonds. The number of fused-ring (bicyclic) bond motifs is 1. The minimum atomic E-state index is -0.557. The van der Waals surface area contributed by atoms with Crippen LogP contribution in [-0.2, 0) is 6.54 Å². The van der Waals surface area contributed by atoms with Crippen molar-refractivity contribution in [3.8, 4) is 0 Å². The molecule has 1 heterocycles. The van der Waals surface area contributed by atoms with E-state index in [9.17, 15) is 9.90 Å². The van der Waals surface area contributed by atoms with Gasteiger partial charge in [-0.25, -0.2) is 4.98 Å². The van der Waals surface area contributed by atoms with Crippen LogP contribution in [0.1, 0.15) is 51.4 Å². The van der Waals surface area contributed by atoms with Crippen LogP contribution < -0.4 is 5.56 Å². The molecule has 1 aromatic heterocycles. The Morgan fingerprint density at radius 3 is 2.42 bits per heavy atom. The van der Waals surface area contributed by atoms with E-state index in [-0.39, 0.29) is 12.2 Å². The number of aliphatic hydroxyl groups is 2. The fourth-order valence-electron chi connectivity index (χ4n) is 2.90. The zero-order chi connectivity index (χ0) is 17.2. The van der Waals surface area contributed by atoms with Gasteiger partial charge in [-0.1, -0.05) is 50.7 Å². The van der Waals surface area contributed by atoms with Gasteiger partial charge in [0.05, 0.1) is 29.9 Å². The third kappa shape index (κ3) is 5.73. The van der Waals surface area contributed by atoms with Crippen LogP contribution >= 0.6 is 0 Å². The fraction of sp³-hybridized carbons (Fsp3) is 0.579. The highest BCUT2D eigenvalue weighted by atomic mass is 16.3. The molecule has 0 fully saturated rings. The van der Waals surface area contributed by atoms with Crippen LogP contribution in [0.4, 0.5) is 0 Å². The molecule has 0 aliphatic carbocycles. The van der Waals surface area contributed by atoms with Gasteiger partial charge in [0.25, 0.3) is 5.56 Å². The first-order chi connectivity index (χ1) is 11.7. The Kier molecular flexibility index (Phi) is 7.92. The maximum Gasteiger partial charge on any atom is 0.261 e. The van der Waals surface area contributed by atoms with Crippen molar-refractivity contribution in [2.45, 2.75) is 64.0 Å². The average Bonchev–Trinajstić information content (AvgIpc) is 2.62. The Bertz CT molecular complexity index is 669.